The summed E-state index contributed by atoms with van der Waals surface area (Å²) in [5.41, 5.74) is 0. The van der Waals surface area contributed by atoms with E-state index in [4.69, 9.17) is 4.74 Å². The van der Waals surface area contributed by atoms with E-state index < -0.39 is 0 Å². The van der Waals surface area contributed by atoms with E-state index in [0.29, 0.717) is 12.2 Å². The van der Waals surface area contributed by atoms with Crippen molar-refractivity contribution in [2.75, 3.05) is 6.54 Å². The first kappa shape index (κ1) is 14.3. The lowest BCUT2D eigenvalue weighted by Crippen LogP contribution is -2.38. The van der Waals surface area contributed by atoms with Gasteiger partial charge in [-0.15, -0.1) is 0 Å². The van der Waals surface area contributed by atoms with E-state index in [9.17, 15) is 0 Å². The standard InChI is InChI=1S/C16H31NO/c1-13-7-6-10-16(11-13)18-14(2)12-17-15-8-4-3-5-9-15/h13-17H,3-12H2,1-2H3. The van der Waals surface area contributed by atoms with Gasteiger partial charge < -0.3 is 10.1 Å². The molecular formula is C16H31NO. The second-order valence-electron chi connectivity index (χ2n) is 6.58. The molecule has 0 bridgehead atoms. The molecular weight excluding hydrogens is 222 g/mol. The summed E-state index contributed by atoms with van der Waals surface area (Å²) < 4.78 is 6.19. The molecule has 2 saturated carbocycles. The van der Waals surface area contributed by atoms with Gasteiger partial charge in [0, 0.05) is 12.6 Å². The van der Waals surface area contributed by atoms with Crippen LogP contribution in [0.2, 0.25) is 0 Å². The highest BCUT2D eigenvalue weighted by Gasteiger charge is 2.21. The first-order valence-corrected chi connectivity index (χ1v) is 8.13. The van der Waals surface area contributed by atoms with Gasteiger partial charge in [-0.2, -0.15) is 0 Å². The fraction of sp³-hybridized carbons (Fsp3) is 1.00. The van der Waals surface area contributed by atoms with Crippen molar-refractivity contribution in [3.05, 3.63) is 0 Å². The van der Waals surface area contributed by atoms with Crippen molar-refractivity contribution in [1.82, 2.24) is 5.32 Å². The zero-order valence-electron chi connectivity index (χ0n) is 12.3. The smallest absolute Gasteiger partial charge is 0.0675 e. The predicted octanol–water partition coefficient (Wildman–Crippen LogP) is 3.89. The second-order valence-corrected chi connectivity index (χ2v) is 6.58. The molecule has 2 aliphatic rings. The summed E-state index contributed by atoms with van der Waals surface area (Å²) in [6.07, 6.45) is 13.2. The highest BCUT2D eigenvalue weighted by Crippen LogP contribution is 2.26. The highest BCUT2D eigenvalue weighted by atomic mass is 16.5. The number of rotatable bonds is 5. The van der Waals surface area contributed by atoms with Crippen molar-refractivity contribution in [2.24, 2.45) is 5.92 Å². The minimum Gasteiger partial charge on any atom is -0.374 e. The van der Waals surface area contributed by atoms with Crippen molar-refractivity contribution in [2.45, 2.75) is 89.9 Å². The Bertz CT molecular complexity index is 225. The molecule has 0 heterocycles. The molecule has 106 valence electrons. The molecule has 0 aliphatic heterocycles. The molecule has 0 aromatic heterocycles. The summed E-state index contributed by atoms with van der Waals surface area (Å²) >= 11 is 0. The van der Waals surface area contributed by atoms with Crippen LogP contribution in [0.5, 0.6) is 0 Å². The molecule has 0 aromatic rings. The molecule has 0 radical (unpaired) electrons. The van der Waals surface area contributed by atoms with Crippen LogP contribution in [-0.4, -0.2) is 24.8 Å². The Morgan fingerprint density at radius 3 is 2.56 bits per heavy atom. The fourth-order valence-corrected chi connectivity index (χ4v) is 3.52. The maximum Gasteiger partial charge on any atom is 0.0675 e. The molecule has 2 rings (SSSR count). The fourth-order valence-electron chi connectivity index (χ4n) is 3.52. The summed E-state index contributed by atoms with van der Waals surface area (Å²) in [5.74, 6) is 0.863. The lowest BCUT2D eigenvalue weighted by molar-refractivity contribution is -0.0305. The third-order valence-corrected chi connectivity index (χ3v) is 4.61. The van der Waals surface area contributed by atoms with Crippen molar-refractivity contribution >= 4 is 0 Å². The van der Waals surface area contributed by atoms with Crippen molar-refractivity contribution in [1.29, 1.82) is 0 Å². The van der Waals surface area contributed by atoms with Crippen LogP contribution in [0.3, 0.4) is 0 Å². The van der Waals surface area contributed by atoms with Crippen molar-refractivity contribution in [3.63, 3.8) is 0 Å². The predicted molar refractivity (Wildman–Crippen MR) is 76.8 cm³/mol. The maximum atomic E-state index is 6.19. The van der Waals surface area contributed by atoms with Crippen molar-refractivity contribution < 1.29 is 4.74 Å². The third kappa shape index (κ3) is 4.89. The highest BCUT2D eigenvalue weighted by molar-refractivity contribution is 4.75. The Hall–Kier alpha value is -0.0800. The molecule has 0 aromatic carbocycles. The van der Waals surface area contributed by atoms with Gasteiger partial charge in [-0.1, -0.05) is 39.0 Å². The quantitative estimate of drug-likeness (QED) is 0.802. The number of hydrogen-bond donors (Lipinski definition) is 1. The average Bonchev–Trinajstić information content (AvgIpc) is 2.38. The van der Waals surface area contributed by atoms with Crippen LogP contribution in [-0.2, 0) is 4.74 Å². The number of nitrogens with one attached hydrogen (secondary N) is 1. The average molecular weight is 253 g/mol. The van der Waals surface area contributed by atoms with Crippen LogP contribution in [0.1, 0.15) is 71.6 Å². The summed E-state index contributed by atoms with van der Waals surface area (Å²) in [6.45, 7) is 5.63. The van der Waals surface area contributed by atoms with Crippen LogP contribution in [0, 0.1) is 5.92 Å². The van der Waals surface area contributed by atoms with Gasteiger partial charge in [0.15, 0.2) is 0 Å². The Morgan fingerprint density at radius 2 is 1.83 bits per heavy atom. The summed E-state index contributed by atoms with van der Waals surface area (Å²) in [5, 5.41) is 3.70. The molecule has 1 N–H and O–H groups in total. The van der Waals surface area contributed by atoms with Gasteiger partial charge in [0.05, 0.1) is 12.2 Å². The zero-order valence-corrected chi connectivity index (χ0v) is 12.3. The van der Waals surface area contributed by atoms with E-state index in [1.807, 2.05) is 0 Å². The Morgan fingerprint density at radius 1 is 1.06 bits per heavy atom. The molecule has 0 spiro atoms. The van der Waals surface area contributed by atoms with Gasteiger partial charge in [-0.05, 0) is 38.5 Å². The molecule has 2 fully saturated rings. The van der Waals surface area contributed by atoms with Crippen molar-refractivity contribution in [3.8, 4) is 0 Å². The van der Waals surface area contributed by atoms with E-state index in [1.165, 1.54) is 57.8 Å². The van der Waals surface area contributed by atoms with E-state index in [1.54, 1.807) is 0 Å². The summed E-state index contributed by atoms with van der Waals surface area (Å²) in [4.78, 5) is 0. The SMILES string of the molecule is CC1CCCC(OC(C)CNC2CCCCC2)C1. The lowest BCUT2D eigenvalue weighted by atomic mass is 9.88. The first-order valence-electron chi connectivity index (χ1n) is 8.13. The van der Waals surface area contributed by atoms with Crippen LogP contribution >= 0.6 is 0 Å². The maximum absolute atomic E-state index is 6.19. The molecule has 2 aliphatic carbocycles. The zero-order chi connectivity index (χ0) is 12.8. The Labute approximate surface area is 113 Å². The molecule has 18 heavy (non-hydrogen) atoms. The van der Waals surface area contributed by atoms with E-state index in [-0.39, 0.29) is 0 Å². The molecule has 3 atom stereocenters. The van der Waals surface area contributed by atoms with E-state index >= 15 is 0 Å². The largest absolute Gasteiger partial charge is 0.374 e. The van der Waals surface area contributed by atoms with Crippen LogP contribution in [0.4, 0.5) is 0 Å². The molecule has 3 unspecified atom stereocenters. The molecule has 2 nitrogen and oxygen atoms in total. The van der Waals surface area contributed by atoms with Gasteiger partial charge in [-0.25, -0.2) is 0 Å². The van der Waals surface area contributed by atoms with E-state index in [2.05, 4.69) is 19.2 Å². The van der Waals surface area contributed by atoms with E-state index in [0.717, 1.165) is 18.5 Å². The monoisotopic (exact) mass is 253 g/mol. The van der Waals surface area contributed by atoms with Crippen LogP contribution in [0.25, 0.3) is 0 Å². The minimum atomic E-state index is 0.377. The number of ether oxygens (including phenoxy) is 1. The summed E-state index contributed by atoms with van der Waals surface area (Å²) in [7, 11) is 0. The summed E-state index contributed by atoms with van der Waals surface area (Å²) in [6, 6.07) is 0.759. The van der Waals surface area contributed by atoms with Gasteiger partial charge in [-0.3, -0.25) is 0 Å². The number of hydrogen-bond acceptors (Lipinski definition) is 2. The Kier molecular flexibility index (Phi) is 5.97. The molecule has 2 heteroatoms. The Balaban J connectivity index is 1.60. The van der Waals surface area contributed by atoms with Gasteiger partial charge in [0.1, 0.15) is 0 Å². The van der Waals surface area contributed by atoms with Gasteiger partial charge >= 0.3 is 0 Å². The molecule has 0 amide bonds. The molecule has 0 saturated heterocycles. The minimum absolute atomic E-state index is 0.377. The van der Waals surface area contributed by atoms with Crippen LogP contribution in [0.15, 0.2) is 0 Å². The lowest BCUT2D eigenvalue weighted by Gasteiger charge is -2.30. The second kappa shape index (κ2) is 7.49. The van der Waals surface area contributed by atoms with Crippen LogP contribution < -0.4 is 5.32 Å². The topological polar surface area (TPSA) is 21.3 Å². The third-order valence-electron chi connectivity index (χ3n) is 4.61. The van der Waals surface area contributed by atoms with Gasteiger partial charge in [0.2, 0.25) is 0 Å². The van der Waals surface area contributed by atoms with Gasteiger partial charge in [0.25, 0.3) is 0 Å². The first-order chi connectivity index (χ1) is 8.74. The normalized spacial score (nSPS) is 32.3.